The molecular weight excluding hydrogens is 450 g/mol. The van der Waals surface area contributed by atoms with Crippen LogP contribution in [-0.2, 0) is 35.1 Å². The van der Waals surface area contributed by atoms with Crippen LogP contribution in [0.25, 0.3) is 0 Å². The zero-order valence-electron chi connectivity index (χ0n) is 21.2. The second kappa shape index (κ2) is 14.3. The zero-order valence-corrected chi connectivity index (χ0v) is 20.2. The first kappa shape index (κ1) is 27.2. The second-order valence-corrected chi connectivity index (χ2v) is 8.17. The summed E-state index contributed by atoms with van der Waals surface area (Å²) >= 11 is 0. The monoisotopic (exact) mass is 485 g/mol. The van der Waals surface area contributed by atoms with Gasteiger partial charge in [-0.05, 0) is 50.3 Å². The maximum absolute atomic E-state index is 13.5. The number of benzene rings is 1. The molecule has 0 radical (unpaired) electrons. The Bertz CT molecular complexity index is 899. The van der Waals surface area contributed by atoms with Crippen LogP contribution in [0, 0.1) is 23.5 Å². The van der Waals surface area contributed by atoms with E-state index in [-0.39, 0.29) is 32.5 Å². The summed E-state index contributed by atoms with van der Waals surface area (Å²) in [6.45, 7) is 8.25. The van der Waals surface area contributed by atoms with Crippen molar-refractivity contribution in [2.75, 3.05) is 13.2 Å². The fraction of sp³-hybridized carbons (Fsp3) is 0.583. The molecule has 0 fully saturated rings. The van der Waals surface area contributed by atoms with E-state index in [1.54, 1.807) is 27.7 Å². The molecule has 0 saturated heterocycles. The van der Waals surface area contributed by atoms with E-state index in [1.807, 2.05) is 0 Å². The Balaban J connectivity index is 2.96. The van der Waals surface area contributed by atoms with Crippen LogP contribution >= 0.6 is 0 Å². The van der Waals surface area contributed by atoms with Gasteiger partial charge in [-0.1, -0.05) is 26.8 Å². The fourth-order valence-electron chi connectivity index (χ4n) is 3.13. The first-order valence-corrected chi connectivity index (χ1v) is 11.3. The number of carbonyl (C=O) groups is 4. The van der Waals surface area contributed by atoms with E-state index in [9.17, 15) is 28.0 Å². The summed E-state index contributed by atoms with van der Waals surface area (Å²) in [7, 11) is 0. The number of carbonyl (C=O) groups excluding carboxylic acids is 4. The van der Waals surface area contributed by atoms with Crippen LogP contribution in [0.4, 0.5) is 8.78 Å². The first-order chi connectivity index (χ1) is 16.4. The van der Waals surface area contributed by atoms with E-state index < -0.39 is 59.3 Å². The van der Waals surface area contributed by atoms with Crippen LogP contribution in [0.1, 0.15) is 53.0 Å². The van der Waals surface area contributed by atoms with Crippen LogP contribution in [0.5, 0.6) is 0 Å². The highest BCUT2D eigenvalue weighted by atomic mass is 19.2. The van der Waals surface area contributed by atoms with Crippen LogP contribution < -0.4 is 10.6 Å². The Morgan fingerprint density at radius 2 is 1.65 bits per heavy atom. The molecule has 1 rings (SSSR count). The van der Waals surface area contributed by atoms with Crippen molar-refractivity contribution in [3.63, 3.8) is 0 Å². The Morgan fingerprint density at radius 3 is 2.21 bits per heavy atom. The average Bonchev–Trinajstić information content (AvgIpc) is 2.78. The summed E-state index contributed by atoms with van der Waals surface area (Å²) in [6.07, 6.45) is -0.186. The Labute approximate surface area is 200 Å². The molecule has 0 aliphatic carbocycles. The average molecular weight is 486 g/mol. The SMILES string of the molecule is [2H]N(C(=O)C(C)Cc1ccc(F)c(F)c1)[C@H](C(=O)N[C@@H](CCC(=O)OCC)C(=O)OCC)C(C)C. The van der Waals surface area contributed by atoms with E-state index in [2.05, 4.69) is 5.32 Å². The van der Waals surface area contributed by atoms with Crippen LogP contribution in [-0.4, -0.2) is 49.1 Å². The Kier molecular flexibility index (Phi) is 11.4. The molecule has 10 heteroatoms. The van der Waals surface area contributed by atoms with Crippen molar-refractivity contribution in [2.45, 2.75) is 66.0 Å². The number of ether oxygens (including phenoxy) is 2. The number of esters is 2. The van der Waals surface area contributed by atoms with Crippen molar-refractivity contribution in [3.8, 4) is 0 Å². The Morgan fingerprint density at radius 1 is 1.00 bits per heavy atom. The maximum atomic E-state index is 13.5. The van der Waals surface area contributed by atoms with Crippen molar-refractivity contribution in [1.29, 1.82) is 0 Å². The minimum absolute atomic E-state index is 0.0306. The highest BCUT2D eigenvalue weighted by Gasteiger charge is 2.31. The van der Waals surface area contributed by atoms with Crippen LogP contribution in [0.15, 0.2) is 18.2 Å². The largest absolute Gasteiger partial charge is 0.466 e. The third kappa shape index (κ3) is 9.44. The van der Waals surface area contributed by atoms with Gasteiger partial charge in [-0.2, -0.15) is 0 Å². The lowest BCUT2D eigenvalue weighted by Gasteiger charge is -2.26. The van der Waals surface area contributed by atoms with Gasteiger partial charge in [-0.3, -0.25) is 14.4 Å². The van der Waals surface area contributed by atoms with Crippen molar-refractivity contribution < 1.29 is 38.8 Å². The van der Waals surface area contributed by atoms with Gasteiger partial charge < -0.3 is 20.1 Å². The summed E-state index contributed by atoms with van der Waals surface area (Å²) in [5.41, 5.74) is 0.366. The van der Waals surface area contributed by atoms with Gasteiger partial charge in [0.05, 0.1) is 13.2 Å². The molecule has 2 N–H and O–H groups in total. The maximum Gasteiger partial charge on any atom is 0.328 e. The molecule has 1 aromatic rings. The number of nitrogens with one attached hydrogen (secondary N) is 2. The van der Waals surface area contributed by atoms with Crippen molar-refractivity contribution in [2.24, 2.45) is 11.8 Å². The summed E-state index contributed by atoms with van der Waals surface area (Å²) in [5.74, 6) is -6.12. The molecule has 0 saturated carbocycles. The Hall–Kier alpha value is -3.04. The smallest absolute Gasteiger partial charge is 0.328 e. The first-order valence-electron chi connectivity index (χ1n) is 11.8. The normalized spacial score (nSPS) is 13.9. The molecule has 0 heterocycles. The molecular formula is C24H34F2N2O6. The third-order valence-corrected chi connectivity index (χ3v) is 4.94. The number of halogens is 2. The van der Waals surface area contributed by atoms with Gasteiger partial charge >= 0.3 is 11.9 Å². The van der Waals surface area contributed by atoms with E-state index in [0.29, 0.717) is 10.9 Å². The topological polar surface area (TPSA) is 111 Å². The molecule has 0 aliphatic rings. The molecule has 0 aromatic heterocycles. The predicted octanol–water partition coefficient (Wildman–Crippen LogP) is 2.68. The summed E-state index contributed by atoms with van der Waals surface area (Å²) in [4.78, 5) is 50.0. The van der Waals surface area contributed by atoms with Crippen LogP contribution in [0.2, 0.25) is 1.41 Å². The van der Waals surface area contributed by atoms with Crippen molar-refractivity contribution >= 4 is 23.8 Å². The lowest BCUT2D eigenvalue weighted by molar-refractivity contribution is -0.149. The molecule has 0 spiro atoms. The van der Waals surface area contributed by atoms with Gasteiger partial charge in [0, 0.05) is 12.3 Å². The molecule has 1 unspecified atom stereocenters. The lowest BCUT2D eigenvalue weighted by Crippen LogP contribution is -2.54. The van der Waals surface area contributed by atoms with Crippen molar-refractivity contribution in [1.82, 2.24) is 10.6 Å². The van der Waals surface area contributed by atoms with Gasteiger partial charge in [-0.15, -0.1) is 0 Å². The number of hydrogen-bond acceptors (Lipinski definition) is 6. The van der Waals surface area contributed by atoms with E-state index in [4.69, 9.17) is 10.9 Å². The summed E-state index contributed by atoms with van der Waals surface area (Å²) < 4.78 is 44.8. The number of hydrogen-bond donors (Lipinski definition) is 2. The molecule has 8 nitrogen and oxygen atoms in total. The van der Waals surface area contributed by atoms with Crippen molar-refractivity contribution in [3.05, 3.63) is 35.4 Å². The minimum atomic E-state index is -1.26. The molecule has 0 bridgehead atoms. The molecule has 0 aliphatic heterocycles. The fourth-order valence-corrected chi connectivity index (χ4v) is 3.13. The molecule has 190 valence electrons. The third-order valence-electron chi connectivity index (χ3n) is 4.94. The van der Waals surface area contributed by atoms with Gasteiger partial charge in [0.1, 0.15) is 12.1 Å². The highest BCUT2D eigenvalue weighted by Crippen LogP contribution is 2.14. The molecule has 1 aromatic carbocycles. The minimum Gasteiger partial charge on any atom is -0.466 e. The predicted molar refractivity (Wildman–Crippen MR) is 120 cm³/mol. The quantitative estimate of drug-likeness (QED) is 0.416. The van der Waals surface area contributed by atoms with Gasteiger partial charge in [0.15, 0.2) is 13.0 Å². The molecule has 3 atom stereocenters. The molecule has 2 amide bonds. The number of rotatable bonds is 13. The van der Waals surface area contributed by atoms with E-state index in [0.717, 1.165) is 12.1 Å². The second-order valence-electron chi connectivity index (χ2n) is 8.17. The van der Waals surface area contributed by atoms with E-state index in [1.165, 1.54) is 13.0 Å². The summed E-state index contributed by atoms with van der Waals surface area (Å²) in [5, 5.41) is 3.03. The van der Waals surface area contributed by atoms with Gasteiger partial charge in [0.25, 0.3) is 0 Å². The molecule has 34 heavy (non-hydrogen) atoms. The lowest BCUT2D eigenvalue weighted by atomic mass is 9.97. The van der Waals surface area contributed by atoms with Crippen LogP contribution in [0.3, 0.4) is 0 Å². The standard InChI is InChI=1S/C24H34F2N2O6/c1-6-33-20(29)11-10-19(24(32)34-7-2)27-23(31)21(14(3)4)28-22(30)15(5)12-16-8-9-17(25)18(26)13-16/h8-9,13-15,19,21H,6-7,10-12H2,1-5H3,(H,27,31)(H,28,30)/t15?,19-,21-/m0/s1/i/hD. The zero-order chi connectivity index (χ0) is 26.7. The highest BCUT2D eigenvalue weighted by molar-refractivity contribution is 5.91. The van der Waals surface area contributed by atoms with Gasteiger partial charge in [-0.25, -0.2) is 13.6 Å². The number of amides is 2. The summed E-state index contributed by atoms with van der Waals surface area (Å²) in [6, 6.07) is 0.853. The van der Waals surface area contributed by atoms with Gasteiger partial charge in [0.2, 0.25) is 11.8 Å². The van der Waals surface area contributed by atoms with E-state index >= 15 is 0 Å².